The number of hydrogen-bond donors (Lipinski definition) is 0. The largest absolute Gasteiger partial charge is 0.452 e. The zero-order valence-electron chi connectivity index (χ0n) is 15.5. The fourth-order valence-electron chi connectivity index (χ4n) is 3.11. The monoisotopic (exact) mass is 410 g/mol. The van der Waals surface area contributed by atoms with Crippen molar-refractivity contribution in [3.8, 4) is 0 Å². The molecular formula is C18H22N2O7S. The molecule has 2 amide bonds. The van der Waals surface area contributed by atoms with Gasteiger partial charge < -0.3 is 9.47 Å². The quantitative estimate of drug-likeness (QED) is 0.643. The lowest BCUT2D eigenvalue weighted by atomic mass is 10.1. The Balaban J connectivity index is 1.72. The van der Waals surface area contributed by atoms with Gasteiger partial charge >= 0.3 is 5.97 Å². The Kier molecular flexibility index (Phi) is 6.11. The van der Waals surface area contributed by atoms with Crippen molar-refractivity contribution in [1.82, 2.24) is 9.21 Å². The van der Waals surface area contributed by atoms with Gasteiger partial charge in [0.15, 0.2) is 6.61 Å². The average molecular weight is 410 g/mol. The third-order valence-corrected chi connectivity index (χ3v) is 6.63. The molecule has 0 unspecified atom stereocenters. The van der Waals surface area contributed by atoms with Crippen molar-refractivity contribution in [3.63, 3.8) is 0 Å². The summed E-state index contributed by atoms with van der Waals surface area (Å²) in [5.74, 6) is -1.67. The van der Waals surface area contributed by atoms with Crippen molar-refractivity contribution in [2.24, 2.45) is 0 Å². The molecule has 9 nitrogen and oxygen atoms in total. The predicted molar refractivity (Wildman–Crippen MR) is 97.0 cm³/mol. The molecule has 0 saturated carbocycles. The van der Waals surface area contributed by atoms with E-state index in [1.54, 1.807) is 6.92 Å². The molecule has 28 heavy (non-hydrogen) atoms. The van der Waals surface area contributed by atoms with Gasteiger partial charge in [0.1, 0.15) is 0 Å². The first-order valence-electron chi connectivity index (χ1n) is 8.99. The van der Waals surface area contributed by atoms with Crippen LogP contribution in [0.4, 0.5) is 0 Å². The fraction of sp³-hybridized carbons (Fsp3) is 0.500. The van der Waals surface area contributed by atoms with Crippen LogP contribution in [0.3, 0.4) is 0 Å². The highest BCUT2D eigenvalue weighted by Gasteiger charge is 2.29. The Morgan fingerprint density at radius 1 is 1.18 bits per heavy atom. The second-order valence-corrected chi connectivity index (χ2v) is 8.55. The number of carbonyl (C=O) groups excluding carboxylic acids is 3. The van der Waals surface area contributed by atoms with Gasteiger partial charge in [0.05, 0.1) is 23.7 Å². The zero-order valence-corrected chi connectivity index (χ0v) is 16.4. The first kappa shape index (κ1) is 20.4. The molecule has 0 atom stereocenters. The number of likely N-dealkylation sites (tertiary alicyclic amines) is 1. The number of imide groups is 1. The van der Waals surface area contributed by atoms with E-state index in [1.807, 2.05) is 0 Å². The molecule has 0 N–H and O–H groups in total. The normalized spacial score (nSPS) is 18.3. The van der Waals surface area contributed by atoms with Crippen molar-refractivity contribution in [2.75, 3.05) is 39.5 Å². The number of amides is 2. The molecule has 152 valence electrons. The smallest absolute Gasteiger partial charge is 0.338 e. The number of nitrogens with zero attached hydrogens (tertiary/aromatic N) is 2. The van der Waals surface area contributed by atoms with E-state index >= 15 is 0 Å². The summed E-state index contributed by atoms with van der Waals surface area (Å²) in [7, 11) is -3.76. The van der Waals surface area contributed by atoms with Crippen LogP contribution in [-0.4, -0.2) is 74.9 Å². The van der Waals surface area contributed by atoms with Crippen LogP contribution in [-0.2, 0) is 29.1 Å². The molecular weight excluding hydrogens is 388 g/mol. The molecule has 2 fully saturated rings. The van der Waals surface area contributed by atoms with E-state index in [4.69, 9.17) is 9.47 Å². The van der Waals surface area contributed by atoms with Crippen LogP contribution >= 0.6 is 0 Å². The van der Waals surface area contributed by atoms with E-state index in [0.717, 1.165) is 4.90 Å². The minimum absolute atomic E-state index is 0.0204. The van der Waals surface area contributed by atoms with Crippen LogP contribution in [0.15, 0.2) is 23.1 Å². The summed E-state index contributed by atoms with van der Waals surface area (Å²) in [5, 5.41) is 0. The lowest BCUT2D eigenvalue weighted by Crippen LogP contribution is -2.40. The van der Waals surface area contributed by atoms with Crippen molar-refractivity contribution in [2.45, 2.75) is 24.7 Å². The molecule has 2 heterocycles. The second kappa shape index (κ2) is 8.38. The van der Waals surface area contributed by atoms with Gasteiger partial charge in [-0.3, -0.25) is 14.5 Å². The predicted octanol–water partition coefficient (Wildman–Crippen LogP) is 0.322. The molecule has 3 rings (SSSR count). The molecule has 2 aliphatic rings. The van der Waals surface area contributed by atoms with Gasteiger partial charge in [0, 0.05) is 26.1 Å². The minimum atomic E-state index is -3.76. The first-order valence-corrected chi connectivity index (χ1v) is 10.4. The second-order valence-electron chi connectivity index (χ2n) is 6.61. The van der Waals surface area contributed by atoms with Gasteiger partial charge in [-0.15, -0.1) is 0 Å². The van der Waals surface area contributed by atoms with Crippen LogP contribution < -0.4 is 0 Å². The van der Waals surface area contributed by atoms with E-state index < -0.39 is 28.5 Å². The molecule has 0 spiro atoms. The molecule has 0 radical (unpaired) electrons. The Hall–Kier alpha value is -2.30. The number of esters is 1. The van der Waals surface area contributed by atoms with E-state index in [2.05, 4.69) is 0 Å². The van der Waals surface area contributed by atoms with Gasteiger partial charge in [-0.25, -0.2) is 13.2 Å². The molecule has 0 aliphatic carbocycles. The summed E-state index contributed by atoms with van der Waals surface area (Å²) in [5.41, 5.74) is 0.588. The molecule has 1 aromatic rings. The van der Waals surface area contributed by atoms with E-state index in [1.165, 1.54) is 22.5 Å². The third-order valence-electron chi connectivity index (χ3n) is 4.74. The maximum atomic E-state index is 12.8. The summed E-state index contributed by atoms with van der Waals surface area (Å²) >= 11 is 0. The average Bonchev–Trinajstić information content (AvgIpc) is 3.12. The third kappa shape index (κ3) is 4.23. The number of sulfonamides is 1. The lowest BCUT2D eigenvalue weighted by Gasteiger charge is -2.26. The van der Waals surface area contributed by atoms with Crippen LogP contribution in [0.1, 0.15) is 28.8 Å². The van der Waals surface area contributed by atoms with Crippen LogP contribution in [0, 0.1) is 6.92 Å². The number of hydrogen-bond acceptors (Lipinski definition) is 7. The Morgan fingerprint density at radius 2 is 1.89 bits per heavy atom. The molecule has 10 heteroatoms. The molecule has 0 bridgehead atoms. The van der Waals surface area contributed by atoms with Crippen molar-refractivity contribution < 1.29 is 32.3 Å². The summed E-state index contributed by atoms with van der Waals surface area (Å²) in [6.45, 7) is 2.52. The lowest BCUT2D eigenvalue weighted by molar-refractivity contribution is -0.143. The van der Waals surface area contributed by atoms with E-state index in [-0.39, 0.29) is 29.5 Å². The fourth-order valence-corrected chi connectivity index (χ4v) is 4.55. The number of benzene rings is 1. The highest BCUT2D eigenvalue weighted by Crippen LogP contribution is 2.21. The minimum Gasteiger partial charge on any atom is -0.452 e. The zero-order chi connectivity index (χ0) is 20.3. The maximum Gasteiger partial charge on any atom is 0.338 e. The van der Waals surface area contributed by atoms with Crippen molar-refractivity contribution in [3.05, 3.63) is 29.3 Å². The van der Waals surface area contributed by atoms with Crippen molar-refractivity contribution in [1.29, 1.82) is 0 Å². The highest BCUT2D eigenvalue weighted by molar-refractivity contribution is 7.89. The standard InChI is InChI=1S/C18H22N2O7S/c1-13-4-5-14(28(24,25)19-7-9-26-10-8-19)11-15(13)18(23)27-12-17(22)20-6-2-3-16(20)21/h4-5,11H,2-3,6-10,12H2,1H3. The van der Waals surface area contributed by atoms with E-state index in [0.29, 0.717) is 38.2 Å². The number of morpholine rings is 1. The van der Waals surface area contributed by atoms with Crippen molar-refractivity contribution >= 4 is 27.8 Å². The Morgan fingerprint density at radius 3 is 2.54 bits per heavy atom. The summed E-state index contributed by atoms with van der Waals surface area (Å²) in [6, 6.07) is 4.22. The molecule has 1 aromatic carbocycles. The topological polar surface area (TPSA) is 110 Å². The van der Waals surface area contributed by atoms with E-state index in [9.17, 15) is 22.8 Å². The van der Waals surface area contributed by atoms with Gasteiger partial charge in [0.25, 0.3) is 5.91 Å². The number of ether oxygens (including phenoxy) is 2. The first-order chi connectivity index (χ1) is 13.3. The van der Waals surface area contributed by atoms with Gasteiger partial charge in [-0.2, -0.15) is 4.31 Å². The summed E-state index contributed by atoms with van der Waals surface area (Å²) in [6.07, 6.45) is 0.902. The number of carbonyl (C=O) groups is 3. The SMILES string of the molecule is Cc1ccc(S(=O)(=O)N2CCOCC2)cc1C(=O)OCC(=O)N1CCCC1=O. The van der Waals surface area contributed by atoms with Gasteiger partial charge in [-0.05, 0) is 31.0 Å². The van der Waals surface area contributed by atoms with Crippen LogP contribution in [0.5, 0.6) is 0 Å². The number of aryl methyl sites for hydroxylation is 1. The number of rotatable bonds is 5. The molecule has 2 aliphatic heterocycles. The van der Waals surface area contributed by atoms with Crippen LogP contribution in [0.2, 0.25) is 0 Å². The maximum absolute atomic E-state index is 12.8. The van der Waals surface area contributed by atoms with Crippen LogP contribution in [0.25, 0.3) is 0 Å². The Bertz CT molecular complexity index is 891. The summed E-state index contributed by atoms with van der Waals surface area (Å²) in [4.78, 5) is 37.1. The summed E-state index contributed by atoms with van der Waals surface area (Å²) < 4.78 is 37.1. The van der Waals surface area contributed by atoms with Gasteiger partial charge in [-0.1, -0.05) is 6.07 Å². The van der Waals surface area contributed by atoms with Gasteiger partial charge in [0.2, 0.25) is 15.9 Å². The highest BCUT2D eigenvalue weighted by atomic mass is 32.2. The molecule has 0 aromatic heterocycles. The molecule has 2 saturated heterocycles. The Labute approximate surface area is 163 Å².